The molecule has 114 valence electrons. The number of carboxylic acid groups (broad SMARTS) is 1. The number of likely N-dealkylation sites (N-methyl/N-ethyl adjacent to an activating group) is 2. The Morgan fingerprint density at radius 1 is 1.43 bits per heavy atom. The van der Waals surface area contributed by atoms with Crippen LogP contribution in [0.3, 0.4) is 0 Å². The number of rotatable bonds is 7. The highest BCUT2D eigenvalue weighted by molar-refractivity contribution is 5.94. The van der Waals surface area contributed by atoms with Crippen LogP contribution in [0.5, 0.6) is 0 Å². The van der Waals surface area contributed by atoms with E-state index in [1.165, 1.54) is 12.1 Å². The number of carbonyl (C=O) groups excluding carboxylic acids is 1. The Bertz CT molecular complexity index is 559. The van der Waals surface area contributed by atoms with Crippen LogP contribution in [0.2, 0.25) is 0 Å². The SMILES string of the molecule is CCNC(=O)CN(C)Cc1cccc([N+](=O)[O-])c1C(=O)O. The Kier molecular flexibility index (Phi) is 5.79. The fourth-order valence-electron chi connectivity index (χ4n) is 1.96. The summed E-state index contributed by atoms with van der Waals surface area (Å²) in [6, 6.07) is 4.08. The summed E-state index contributed by atoms with van der Waals surface area (Å²) in [6.07, 6.45) is 0. The van der Waals surface area contributed by atoms with Crippen LogP contribution in [0.25, 0.3) is 0 Å². The number of nitro benzene ring substituents is 1. The molecular formula is C13H17N3O5. The van der Waals surface area contributed by atoms with Crippen molar-refractivity contribution in [2.75, 3.05) is 20.1 Å². The average molecular weight is 295 g/mol. The van der Waals surface area contributed by atoms with E-state index in [1.54, 1.807) is 18.9 Å². The van der Waals surface area contributed by atoms with Gasteiger partial charge in [-0.2, -0.15) is 0 Å². The van der Waals surface area contributed by atoms with E-state index in [2.05, 4.69) is 5.32 Å². The molecule has 0 fully saturated rings. The van der Waals surface area contributed by atoms with Crippen molar-refractivity contribution in [1.82, 2.24) is 10.2 Å². The van der Waals surface area contributed by atoms with Crippen LogP contribution >= 0.6 is 0 Å². The van der Waals surface area contributed by atoms with E-state index in [1.807, 2.05) is 0 Å². The quantitative estimate of drug-likeness (QED) is 0.570. The van der Waals surface area contributed by atoms with Gasteiger partial charge in [-0.3, -0.25) is 19.8 Å². The third-order valence-electron chi connectivity index (χ3n) is 2.77. The minimum absolute atomic E-state index is 0.0790. The largest absolute Gasteiger partial charge is 0.477 e. The molecule has 0 unspecified atom stereocenters. The van der Waals surface area contributed by atoms with Crippen LogP contribution in [0.4, 0.5) is 5.69 Å². The van der Waals surface area contributed by atoms with Crippen molar-refractivity contribution in [2.45, 2.75) is 13.5 Å². The molecule has 1 aromatic rings. The third kappa shape index (κ3) is 4.53. The molecule has 0 radical (unpaired) electrons. The lowest BCUT2D eigenvalue weighted by Gasteiger charge is -2.17. The maximum absolute atomic E-state index is 11.5. The fourth-order valence-corrected chi connectivity index (χ4v) is 1.96. The van der Waals surface area contributed by atoms with E-state index in [4.69, 9.17) is 0 Å². The number of aromatic carboxylic acids is 1. The third-order valence-corrected chi connectivity index (χ3v) is 2.77. The van der Waals surface area contributed by atoms with Gasteiger partial charge in [-0.15, -0.1) is 0 Å². The van der Waals surface area contributed by atoms with Gasteiger partial charge < -0.3 is 10.4 Å². The van der Waals surface area contributed by atoms with Crippen LogP contribution in [0, 0.1) is 10.1 Å². The van der Waals surface area contributed by atoms with E-state index in [-0.39, 0.29) is 24.6 Å². The highest BCUT2D eigenvalue weighted by atomic mass is 16.6. The molecule has 2 N–H and O–H groups in total. The summed E-state index contributed by atoms with van der Waals surface area (Å²) in [6.45, 7) is 2.50. The van der Waals surface area contributed by atoms with Crippen molar-refractivity contribution in [2.24, 2.45) is 0 Å². The predicted molar refractivity (Wildman–Crippen MR) is 75.1 cm³/mol. The molecule has 8 heteroatoms. The number of nitrogens with one attached hydrogen (secondary N) is 1. The highest BCUT2D eigenvalue weighted by Crippen LogP contribution is 2.23. The number of amides is 1. The molecule has 0 aliphatic rings. The van der Waals surface area contributed by atoms with Crippen molar-refractivity contribution in [3.63, 3.8) is 0 Å². The van der Waals surface area contributed by atoms with Gasteiger partial charge in [-0.1, -0.05) is 12.1 Å². The number of hydrogen-bond acceptors (Lipinski definition) is 5. The summed E-state index contributed by atoms with van der Waals surface area (Å²) in [5.41, 5.74) is -0.500. The summed E-state index contributed by atoms with van der Waals surface area (Å²) in [5, 5.41) is 22.7. The van der Waals surface area contributed by atoms with Gasteiger partial charge in [0.25, 0.3) is 5.69 Å². The number of nitrogens with zero attached hydrogens (tertiary/aromatic N) is 2. The molecule has 0 atom stereocenters. The molecule has 8 nitrogen and oxygen atoms in total. The molecule has 0 saturated carbocycles. The first-order valence-electron chi connectivity index (χ1n) is 6.31. The topological polar surface area (TPSA) is 113 Å². The van der Waals surface area contributed by atoms with Gasteiger partial charge in [-0.25, -0.2) is 4.79 Å². The average Bonchev–Trinajstić information content (AvgIpc) is 2.37. The molecular weight excluding hydrogens is 278 g/mol. The van der Waals surface area contributed by atoms with Crippen LogP contribution in [0.15, 0.2) is 18.2 Å². The lowest BCUT2D eigenvalue weighted by molar-refractivity contribution is -0.385. The predicted octanol–water partition coefficient (Wildman–Crippen LogP) is 0.861. The first kappa shape index (κ1) is 16.6. The Balaban J connectivity index is 2.98. The second-order valence-corrected chi connectivity index (χ2v) is 4.50. The first-order chi connectivity index (χ1) is 9.86. The minimum atomic E-state index is -1.36. The van der Waals surface area contributed by atoms with E-state index >= 15 is 0 Å². The summed E-state index contributed by atoms with van der Waals surface area (Å²) in [5.74, 6) is -1.55. The van der Waals surface area contributed by atoms with Crippen LogP contribution in [-0.4, -0.2) is 46.9 Å². The number of carboxylic acids is 1. The number of carbonyl (C=O) groups is 2. The summed E-state index contributed by atoms with van der Waals surface area (Å²) >= 11 is 0. The number of benzene rings is 1. The zero-order valence-electron chi connectivity index (χ0n) is 11.8. The van der Waals surface area contributed by atoms with Crippen LogP contribution in [-0.2, 0) is 11.3 Å². The molecule has 1 aromatic carbocycles. The van der Waals surface area contributed by atoms with Gasteiger partial charge in [0.2, 0.25) is 5.91 Å². The van der Waals surface area contributed by atoms with Crippen molar-refractivity contribution < 1.29 is 19.6 Å². The zero-order chi connectivity index (χ0) is 16.0. The summed E-state index contributed by atoms with van der Waals surface area (Å²) in [7, 11) is 1.64. The van der Waals surface area contributed by atoms with E-state index in [9.17, 15) is 24.8 Å². The lowest BCUT2D eigenvalue weighted by Crippen LogP contribution is -2.34. The van der Waals surface area contributed by atoms with Gasteiger partial charge in [-0.05, 0) is 19.5 Å². The minimum Gasteiger partial charge on any atom is -0.477 e. The molecule has 0 aliphatic heterocycles. The highest BCUT2D eigenvalue weighted by Gasteiger charge is 2.24. The molecule has 0 bridgehead atoms. The first-order valence-corrected chi connectivity index (χ1v) is 6.31. The summed E-state index contributed by atoms with van der Waals surface area (Å²) < 4.78 is 0. The molecule has 1 rings (SSSR count). The Morgan fingerprint density at radius 2 is 2.10 bits per heavy atom. The van der Waals surface area contributed by atoms with Crippen LogP contribution < -0.4 is 5.32 Å². The molecule has 0 spiro atoms. The van der Waals surface area contributed by atoms with Gasteiger partial charge in [0.1, 0.15) is 5.56 Å². The Labute approximate surface area is 121 Å². The number of hydrogen-bond donors (Lipinski definition) is 2. The Morgan fingerprint density at radius 3 is 2.62 bits per heavy atom. The molecule has 21 heavy (non-hydrogen) atoms. The van der Waals surface area contributed by atoms with Crippen LogP contribution in [0.1, 0.15) is 22.8 Å². The van der Waals surface area contributed by atoms with E-state index < -0.39 is 16.6 Å². The van der Waals surface area contributed by atoms with Gasteiger partial charge in [0.15, 0.2) is 0 Å². The van der Waals surface area contributed by atoms with Crippen molar-refractivity contribution >= 4 is 17.6 Å². The van der Waals surface area contributed by atoms with Crippen molar-refractivity contribution in [1.29, 1.82) is 0 Å². The molecule has 0 heterocycles. The standard InChI is InChI=1S/C13H17N3O5/c1-3-14-11(17)8-15(2)7-9-5-4-6-10(16(20)21)12(9)13(18)19/h4-6H,3,7-8H2,1-2H3,(H,14,17)(H,18,19). The van der Waals surface area contributed by atoms with Crippen molar-refractivity contribution in [3.8, 4) is 0 Å². The maximum Gasteiger partial charge on any atom is 0.343 e. The lowest BCUT2D eigenvalue weighted by atomic mass is 10.0. The zero-order valence-corrected chi connectivity index (χ0v) is 11.8. The molecule has 1 amide bonds. The molecule has 0 aromatic heterocycles. The smallest absolute Gasteiger partial charge is 0.343 e. The fraction of sp³-hybridized carbons (Fsp3) is 0.385. The van der Waals surface area contributed by atoms with E-state index in [0.29, 0.717) is 12.1 Å². The second kappa shape index (κ2) is 7.34. The number of nitro groups is 1. The second-order valence-electron chi connectivity index (χ2n) is 4.50. The maximum atomic E-state index is 11.5. The molecule has 0 aliphatic carbocycles. The van der Waals surface area contributed by atoms with Gasteiger partial charge in [0.05, 0.1) is 11.5 Å². The normalized spacial score (nSPS) is 10.4. The monoisotopic (exact) mass is 295 g/mol. The Hall–Kier alpha value is -2.48. The van der Waals surface area contributed by atoms with Gasteiger partial charge >= 0.3 is 5.97 Å². The summed E-state index contributed by atoms with van der Waals surface area (Å²) in [4.78, 5) is 34.5. The van der Waals surface area contributed by atoms with Crippen molar-refractivity contribution in [3.05, 3.63) is 39.4 Å². The van der Waals surface area contributed by atoms with E-state index in [0.717, 1.165) is 6.07 Å². The van der Waals surface area contributed by atoms with Gasteiger partial charge in [0, 0.05) is 19.2 Å². The molecule has 0 saturated heterocycles.